The third-order valence-electron chi connectivity index (χ3n) is 3.34. The van der Waals surface area contributed by atoms with Crippen LogP contribution in [0.3, 0.4) is 0 Å². The lowest BCUT2D eigenvalue weighted by atomic mass is 9.80. The maximum absolute atomic E-state index is 9.58. The van der Waals surface area contributed by atoms with Crippen molar-refractivity contribution >= 4 is 11.3 Å². The number of aromatic nitrogens is 1. The van der Waals surface area contributed by atoms with E-state index in [1.807, 2.05) is 6.92 Å². The van der Waals surface area contributed by atoms with Crippen molar-refractivity contribution < 1.29 is 9.84 Å². The SMILES string of the molecule is Cc1nc(CC2(CO)CCCOC2)sc1C. The van der Waals surface area contributed by atoms with Gasteiger partial charge < -0.3 is 9.84 Å². The average molecular weight is 241 g/mol. The number of nitrogens with zero attached hydrogens (tertiary/aromatic N) is 1. The van der Waals surface area contributed by atoms with Gasteiger partial charge in [0.25, 0.3) is 0 Å². The second-order valence-corrected chi connectivity index (χ2v) is 6.03. The van der Waals surface area contributed by atoms with Crippen LogP contribution in [0.4, 0.5) is 0 Å². The van der Waals surface area contributed by atoms with Crippen molar-refractivity contribution in [3.63, 3.8) is 0 Å². The molecule has 4 heteroatoms. The molecule has 1 aromatic heterocycles. The fraction of sp³-hybridized carbons (Fsp3) is 0.750. The van der Waals surface area contributed by atoms with Crippen LogP contribution in [0.5, 0.6) is 0 Å². The van der Waals surface area contributed by atoms with Crippen molar-refractivity contribution in [3.05, 3.63) is 15.6 Å². The predicted octanol–water partition coefficient (Wildman–Crippen LogP) is 2.09. The van der Waals surface area contributed by atoms with E-state index in [-0.39, 0.29) is 12.0 Å². The summed E-state index contributed by atoms with van der Waals surface area (Å²) in [4.78, 5) is 5.83. The third-order valence-corrected chi connectivity index (χ3v) is 4.41. The average Bonchev–Trinajstić information content (AvgIpc) is 2.59. The van der Waals surface area contributed by atoms with Crippen LogP contribution < -0.4 is 0 Å². The number of hydrogen-bond acceptors (Lipinski definition) is 4. The van der Waals surface area contributed by atoms with E-state index in [1.54, 1.807) is 11.3 Å². The van der Waals surface area contributed by atoms with Crippen LogP contribution in [0.2, 0.25) is 0 Å². The van der Waals surface area contributed by atoms with E-state index in [0.717, 1.165) is 36.6 Å². The topological polar surface area (TPSA) is 42.4 Å². The molecule has 1 N–H and O–H groups in total. The maximum atomic E-state index is 9.58. The standard InChI is InChI=1S/C12H19NO2S/c1-9-10(2)16-11(13-9)6-12(7-14)4-3-5-15-8-12/h14H,3-8H2,1-2H3. The van der Waals surface area contributed by atoms with E-state index >= 15 is 0 Å². The Morgan fingerprint density at radius 3 is 2.81 bits per heavy atom. The zero-order valence-electron chi connectivity index (χ0n) is 9.95. The van der Waals surface area contributed by atoms with Gasteiger partial charge in [0, 0.05) is 23.3 Å². The highest BCUT2D eigenvalue weighted by atomic mass is 32.1. The number of rotatable bonds is 3. The normalized spacial score (nSPS) is 25.9. The van der Waals surface area contributed by atoms with Crippen LogP contribution in [0.25, 0.3) is 0 Å². The van der Waals surface area contributed by atoms with Crippen molar-refractivity contribution in [2.45, 2.75) is 33.1 Å². The molecule has 0 aliphatic carbocycles. The number of thiazole rings is 1. The Morgan fingerprint density at radius 1 is 1.50 bits per heavy atom. The maximum Gasteiger partial charge on any atom is 0.0938 e. The minimum atomic E-state index is -0.0883. The highest BCUT2D eigenvalue weighted by Crippen LogP contribution is 2.33. The van der Waals surface area contributed by atoms with Gasteiger partial charge >= 0.3 is 0 Å². The molecule has 1 aliphatic rings. The summed E-state index contributed by atoms with van der Waals surface area (Å²) in [6.07, 6.45) is 2.94. The second-order valence-electron chi connectivity index (χ2n) is 4.74. The number of aryl methyl sites for hydroxylation is 2. The lowest BCUT2D eigenvalue weighted by molar-refractivity contribution is -0.0379. The van der Waals surface area contributed by atoms with Crippen molar-refractivity contribution in [2.24, 2.45) is 5.41 Å². The molecule has 1 fully saturated rings. The Morgan fingerprint density at radius 2 is 2.31 bits per heavy atom. The Labute approximate surface area is 100 Å². The summed E-state index contributed by atoms with van der Waals surface area (Å²) in [5, 5.41) is 10.7. The highest BCUT2D eigenvalue weighted by Gasteiger charge is 2.33. The zero-order chi connectivity index (χ0) is 11.6. The molecule has 0 saturated carbocycles. The fourth-order valence-corrected chi connectivity index (χ4v) is 3.27. The number of hydrogen-bond donors (Lipinski definition) is 1. The summed E-state index contributed by atoms with van der Waals surface area (Å²) < 4.78 is 5.50. The van der Waals surface area contributed by atoms with Crippen LogP contribution >= 0.6 is 11.3 Å². The summed E-state index contributed by atoms with van der Waals surface area (Å²) in [6, 6.07) is 0. The first-order valence-electron chi connectivity index (χ1n) is 5.77. The van der Waals surface area contributed by atoms with Gasteiger partial charge in [0.1, 0.15) is 0 Å². The first-order chi connectivity index (χ1) is 7.65. The van der Waals surface area contributed by atoms with Crippen molar-refractivity contribution in [2.75, 3.05) is 19.8 Å². The van der Waals surface area contributed by atoms with Gasteiger partial charge in [0.2, 0.25) is 0 Å². The quantitative estimate of drug-likeness (QED) is 0.881. The molecule has 1 saturated heterocycles. The van der Waals surface area contributed by atoms with Crippen molar-refractivity contribution in [3.8, 4) is 0 Å². The molecule has 2 heterocycles. The smallest absolute Gasteiger partial charge is 0.0938 e. The van der Waals surface area contributed by atoms with Crippen molar-refractivity contribution in [1.29, 1.82) is 0 Å². The van der Waals surface area contributed by atoms with E-state index in [9.17, 15) is 5.11 Å². The van der Waals surface area contributed by atoms with E-state index in [4.69, 9.17) is 4.74 Å². The minimum Gasteiger partial charge on any atom is -0.396 e. The lowest BCUT2D eigenvalue weighted by Crippen LogP contribution is -2.37. The fourth-order valence-electron chi connectivity index (χ4n) is 2.17. The van der Waals surface area contributed by atoms with Crippen LogP contribution in [0, 0.1) is 19.3 Å². The van der Waals surface area contributed by atoms with Gasteiger partial charge in [-0.1, -0.05) is 0 Å². The van der Waals surface area contributed by atoms with Crippen LogP contribution in [-0.2, 0) is 11.2 Å². The number of aliphatic hydroxyl groups is 1. The largest absolute Gasteiger partial charge is 0.396 e. The summed E-state index contributed by atoms with van der Waals surface area (Å²) in [5.41, 5.74) is 1.03. The number of ether oxygens (including phenoxy) is 1. The molecule has 1 atom stereocenters. The molecule has 0 bridgehead atoms. The van der Waals surface area contributed by atoms with Crippen LogP contribution in [0.15, 0.2) is 0 Å². The molecule has 1 aliphatic heterocycles. The molecular weight excluding hydrogens is 222 g/mol. The molecular formula is C12H19NO2S. The molecule has 0 aromatic carbocycles. The molecule has 0 radical (unpaired) electrons. The zero-order valence-corrected chi connectivity index (χ0v) is 10.8. The Bertz CT molecular complexity index is 336. The van der Waals surface area contributed by atoms with E-state index in [2.05, 4.69) is 11.9 Å². The molecule has 2 rings (SSSR count). The van der Waals surface area contributed by atoms with Crippen molar-refractivity contribution in [1.82, 2.24) is 4.98 Å². The van der Waals surface area contributed by atoms with Crippen LogP contribution in [-0.4, -0.2) is 29.9 Å². The third kappa shape index (κ3) is 2.44. The number of aliphatic hydroxyl groups excluding tert-OH is 1. The monoisotopic (exact) mass is 241 g/mol. The summed E-state index contributed by atoms with van der Waals surface area (Å²) in [5.74, 6) is 0. The minimum absolute atomic E-state index is 0.0883. The summed E-state index contributed by atoms with van der Waals surface area (Å²) in [7, 11) is 0. The van der Waals surface area contributed by atoms with Gasteiger partial charge in [-0.05, 0) is 26.7 Å². The molecule has 0 spiro atoms. The molecule has 1 aromatic rings. The Balaban J connectivity index is 2.11. The lowest BCUT2D eigenvalue weighted by Gasteiger charge is -2.34. The van der Waals surface area contributed by atoms with Gasteiger partial charge in [0.15, 0.2) is 0 Å². The van der Waals surface area contributed by atoms with Gasteiger partial charge in [0.05, 0.1) is 23.9 Å². The predicted molar refractivity (Wildman–Crippen MR) is 64.9 cm³/mol. The summed E-state index contributed by atoms with van der Waals surface area (Å²) >= 11 is 1.74. The molecule has 16 heavy (non-hydrogen) atoms. The highest BCUT2D eigenvalue weighted by molar-refractivity contribution is 7.11. The van der Waals surface area contributed by atoms with E-state index in [1.165, 1.54) is 4.88 Å². The molecule has 3 nitrogen and oxygen atoms in total. The van der Waals surface area contributed by atoms with Gasteiger partial charge in [-0.25, -0.2) is 4.98 Å². The molecule has 0 amide bonds. The van der Waals surface area contributed by atoms with Gasteiger partial charge in [-0.2, -0.15) is 0 Å². The van der Waals surface area contributed by atoms with E-state index < -0.39 is 0 Å². The Kier molecular flexibility index (Phi) is 3.62. The first-order valence-corrected chi connectivity index (χ1v) is 6.58. The van der Waals surface area contributed by atoms with E-state index in [0.29, 0.717) is 6.61 Å². The Hall–Kier alpha value is -0.450. The van der Waals surface area contributed by atoms with Gasteiger partial charge in [-0.3, -0.25) is 0 Å². The van der Waals surface area contributed by atoms with Crippen LogP contribution in [0.1, 0.15) is 28.4 Å². The molecule has 90 valence electrons. The summed E-state index contributed by atoms with van der Waals surface area (Å²) in [6.45, 7) is 5.83. The van der Waals surface area contributed by atoms with Gasteiger partial charge in [-0.15, -0.1) is 11.3 Å². The first kappa shape index (κ1) is 12.0. The molecule has 1 unspecified atom stereocenters. The second kappa shape index (κ2) is 4.82.